The van der Waals surface area contributed by atoms with Crippen LogP contribution >= 0.6 is 11.3 Å². The van der Waals surface area contributed by atoms with Crippen LogP contribution in [-0.4, -0.2) is 11.2 Å². The molecule has 1 aliphatic carbocycles. The molecule has 0 spiro atoms. The first-order valence-electron chi connectivity index (χ1n) is 5.05. The van der Waals surface area contributed by atoms with E-state index in [2.05, 4.69) is 11.4 Å². The maximum absolute atomic E-state index is 9.70. The van der Waals surface area contributed by atoms with E-state index in [1.54, 1.807) is 11.3 Å². The number of aliphatic hydroxyl groups excluding tert-OH is 1. The van der Waals surface area contributed by atoms with Gasteiger partial charge < -0.3 is 5.11 Å². The summed E-state index contributed by atoms with van der Waals surface area (Å²) in [5.74, 6) is 0.943. The molecule has 1 unspecified atom stereocenters. The predicted molar refractivity (Wildman–Crippen MR) is 56.0 cm³/mol. The van der Waals surface area contributed by atoms with Gasteiger partial charge in [-0.2, -0.15) is 0 Å². The molecule has 2 heteroatoms. The summed E-state index contributed by atoms with van der Waals surface area (Å²) in [5.41, 5.74) is 0. The molecule has 0 amide bonds. The highest BCUT2D eigenvalue weighted by Crippen LogP contribution is 2.34. The number of hydrogen-bond acceptors (Lipinski definition) is 2. The zero-order chi connectivity index (χ0) is 9.10. The first-order chi connectivity index (χ1) is 6.34. The second-order valence-corrected chi connectivity index (χ2v) is 4.99. The van der Waals surface area contributed by atoms with Crippen molar-refractivity contribution in [3.8, 4) is 0 Å². The summed E-state index contributed by atoms with van der Waals surface area (Å²) in [6.07, 6.45) is 5.75. The molecule has 72 valence electrons. The lowest BCUT2D eigenvalue weighted by atomic mass is 10.1. The third-order valence-electron chi connectivity index (χ3n) is 2.62. The molecule has 1 nitrogen and oxygen atoms in total. The zero-order valence-corrected chi connectivity index (χ0v) is 8.59. The first-order valence-corrected chi connectivity index (χ1v) is 5.93. The number of aliphatic hydroxyl groups is 1. The highest BCUT2D eigenvalue weighted by atomic mass is 32.1. The van der Waals surface area contributed by atoms with Crippen molar-refractivity contribution in [2.24, 2.45) is 5.92 Å². The quantitative estimate of drug-likeness (QED) is 0.767. The van der Waals surface area contributed by atoms with Gasteiger partial charge in [0.1, 0.15) is 0 Å². The van der Waals surface area contributed by atoms with Crippen molar-refractivity contribution in [2.45, 2.75) is 38.2 Å². The fraction of sp³-hybridized carbons (Fsp3) is 0.636. The van der Waals surface area contributed by atoms with E-state index < -0.39 is 0 Å². The highest BCUT2D eigenvalue weighted by Gasteiger charge is 2.21. The topological polar surface area (TPSA) is 20.2 Å². The third kappa shape index (κ3) is 3.12. The van der Waals surface area contributed by atoms with Crippen molar-refractivity contribution in [3.63, 3.8) is 0 Å². The van der Waals surface area contributed by atoms with Crippen LogP contribution in [0.5, 0.6) is 0 Å². The smallest absolute Gasteiger partial charge is 0.0588 e. The Kier molecular flexibility index (Phi) is 3.01. The number of hydrogen-bond donors (Lipinski definition) is 1. The van der Waals surface area contributed by atoms with E-state index >= 15 is 0 Å². The van der Waals surface area contributed by atoms with Crippen molar-refractivity contribution >= 4 is 11.3 Å². The Bertz CT molecular complexity index is 239. The Morgan fingerprint density at radius 1 is 1.54 bits per heavy atom. The van der Waals surface area contributed by atoms with E-state index in [-0.39, 0.29) is 6.10 Å². The van der Waals surface area contributed by atoms with Crippen LogP contribution in [0.1, 0.15) is 30.6 Å². The fourth-order valence-electron chi connectivity index (χ4n) is 1.60. The van der Waals surface area contributed by atoms with Crippen LogP contribution in [0, 0.1) is 5.92 Å². The molecule has 1 N–H and O–H groups in total. The van der Waals surface area contributed by atoms with Gasteiger partial charge in [-0.3, -0.25) is 0 Å². The van der Waals surface area contributed by atoms with E-state index in [1.807, 2.05) is 6.07 Å². The highest BCUT2D eigenvalue weighted by molar-refractivity contribution is 7.09. The van der Waals surface area contributed by atoms with Crippen LogP contribution in [0.2, 0.25) is 0 Å². The maximum Gasteiger partial charge on any atom is 0.0588 e. The van der Waals surface area contributed by atoms with Crippen molar-refractivity contribution in [1.82, 2.24) is 0 Å². The minimum atomic E-state index is -0.112. The average Bonchev–Trinajstić information content (AvgIpc) is 2.82. The van der Waals surface area contributed by atoms with Crippen molar-refractivity contribution in [1.29, 1.82) is 0 Å². The van der Waals surface area contributed by atoms with Gasteiger partial charge in [0, 0.05) is 11.3 Å². The van der Waals surface area contributed by atoms with Crippen LogP contribution in [0.4, 0.5) is 0 Å². The van der Waals surface area contributed by atoms with Gasteiger partial charge >= 0.3 is 0 Å². The summed E-state index contributed by atoms with van der Waals surface area (Å²) in [7, 11) is 0. The minimum absolute atomic E-state index is 0.112. The maximum atomic E-state index is 9.70. The SMILES string of the molecule is OC(CCC1CC1)Cc1cccs1. The van der Waals surface area contributed by atoms with E-state index in [0.29, 0.717) is 0 Å². The lowest BCUT2D eigenvalue weighted by Gasteiger charge is -2.07. The molecular formula is C11H16OS. The van der Waals surface area contributed by atoms with Crippen LogP contribution in [0.15, 0.2) is 17.5 Å². The largest absolute Gasteiger partial charge is 0.393 e. The van der Waals surface area contributed by atoms with E-state index in [9.17, 15) is 5.11 Å². The number of rotatable bonds is 5. The summed E-state index contributed by atoms with van der Waals surface area (Å²) in [4.78, 5) is 1.31. The van der Waals surface area contributed by atoms with Gasteiger partial charge in [0.05, 0.1) is 6.10 Å². The van der Waals surface area contributed by atoms with Gasteiger partial charge in [0.25, 0.3) is 0 Å². The molecule has 1 fully saturated rings. The summed E-state index contributed by atoms with van der Waals surface area (Å²) >= 11 is 1.74. The molecule has 13 heavy (non-hydrogen) atoms. The zero-order valence-electron chi connectivity index (χ0n) is 7.78. The molecule has 0 saturated heterocycles. The molecule has 1 aromatic rings. The van der Waals surface area contributed by atoms with E-state index in [1.165, 1.54) is 24.1 Å². The Labute approximate surface area is 83.4 Å². The van der Waals surface area contributed by atoms with Crippen molar-refractivity contribution in [3.05, 3.63) is 22.4 Å². The van der Waals surface area contributed by atoms with Gasteiger partial charge in [-0.1, -0.05) is 18.9 Å². The molecule has 1 aromatic heterocycles. The normalized spacial score (nSPS) is 18.8. The van der Waals surface area contributed by atoms with Crippen LogP contribution in [0.3, 0.4) is 0 Å². The monoisotopic (exact) mass is 196 g/mol. The lowest BCUT2D eigenvalue weighted by Crippen LogP contribution is -2.09. The van der Waals surface area contributed by atoms with Crippen molar-refractivity contribution in [2.75, 3.05) is 0 Å². The molecule has 2 rings (SSSR count). The molecule has 0 aromatic carbocycles. The van der Waals surface area contributed by atoms with E-state index in [4.69, 9.17) is 0 Å². The van der Waals surface area contributed by atoms with Crippen LogP contribution in [-0.2, 0) is 6.42 Å². The Morgan fingerprint density at radius 3 is 3.00 bits per heavy atom. The first kappa shape index (κ1) is 9.22. The molecule has 1 heterocycles. The minimum Gasteiger partial charge on any atom is -0.393 e. The van der Waals surface area contributed by atoms with Crippen LogP contribution < -0.4 is 0 Å². The predicted octanol–water partition coefficient (Wildman–Crippen LogP) is 2.84. The van der Waals surface area contributed by atoms with Gasteiger partial charge in [-0.25, -0.2) is 0 Å². The van der Waals surface area contributed by atoms with Crippen molar-refractivity contribution < 1.29 is 5.11 Å². The molecular weight excluding hydrogens is 180 g/mol. The molecule has 1 saturated carbocycles. The average molecular weight is 196 g/mol. The fourth-order valence-corrected chi connectivity index (χ4v) is 2.38. The molecule has 1 atom stereocenters. The molecule has 0 bridgehead atoms. The van der Waals surface area contributed by atoms with Gasteiger partial charge in [-0.05, 0) is 30.2 Å². The summed E-state index contributed by atoms with van der Waals surface area (Å²) in [6, 6.07) is 4.15. The van der Waals surface area contributed by atoms with E-state index in [0.717, 1.165) is 18.8 Å². The number of thiophene rings is 1. The molecule has 0 aliphatic heterocycles. The summed E-state index contributed by atoms with van der Waals surface area (Å²) < 4.78 is 0. The summed E-state index contributed by atoms with van der Waals surface area (Å²) in [5, 5.41) is 11.8. The second kappa shape index (κ2) is 4.25. The standard InChI is InChI=1S/C11H16OS/c12-10(6-5-9-3-4-9)8-11-2-1-7-13-11/h1-2,7,9-10,12H,3-6,8H2. The van der Waals surface area contributed by atoms with Gasteiger partial charge in [0.2, 0.25) is 0 Å². The molecule has 1 aliphatic rings. The lowest BCUT2D eigenvalue weighted by molar-refractivity contribution is 0.161. The third-order valence-corrected chi connectivity index (χ3v) is 3.52. The summed E-state index contributed by atoms with van der Waals surface area (Å²) in [6.45, 7) is 0. The Balaban J connectivity index is 1.68. The van der Waals surface area contributed by atoms with Gasteiger partial charge in [-0.15, -0.1) is 11.3 Å². The molecule has 0 radical (unpaired) electrons. The second-order valence-electron chi connectivity index (χ2n) is 3.96. The van der Waals surface area contributed by atoms with Gasteiger partial charge in [0.15, 0.2) is 0 Å². The Morgan fingerprint density at radius 2 is 2.38 bits per heavy atom. The Hall–Kier alpha value is -0.340. The van der Waals surface area contributed by atoms with Crippen LogP contribution in [0.25, 0.3) is 0 Å².